The Bertz CT molecular complexity index is 523. The Kier molecular flexibility index (Phi) is 2.16. The maximum absolute atomic E-state index is 10.5. The molecule has 0 bridgehead atoms. The van der Waals surface area contributed by atoms with Gasteiger partial charge in [0.1, 0.15) is 0 Å². The first-order chi connectivity index (χ1) is 6.58. The van der Waals surface area contributed by atoms with Crippen LogP contribution in [-0.4, -0.2) is 10.0 Å². The van der Waals surface area contributed by atoms with Gasteiger partial charge >= 0.3 is 0 Å². The number of halogens is 1. The summed E-state index contributed by atoms with van der Waals surface area (Å²) in [7, 11) is 0. The third kappa shape index (κ3) is 1.46. The number of nitro groups is 1. The van der Waals surface area contributed by atoms with Crippen molar-refractivity contribution >= 4 is 43.0 Å². The van der Waals surface area contributed by atoms with Crippen LogP contribution in [0.4, 0.5) is 5.69 Å². The van der Waals surface area contributed by atoms with Crippen LogP contribution in [0.1, 0.15) is 0 Å². The van der Waals surface area contributed by atoms with Gasteiger partial charge in [-0.15, -0.1) is 0 Å². The van der Waals surface area contributed by atoms with Crippen LogP contribution in [0.2, 0.25) is 0 Å². The van der Waals surface area contributed by atoms with Gasteiger partial charge < -0.3 is 5.11 Å². The minimum Gasteiger partial charge on any atom is -0.499 e. The molecule has 2 aromatic rings. The predicted octanol–water partition coefficient (Wildman–Crippen LogP) is 3.28. The highest BCUT2D eigenvalue weighted by Crippen LogP contribution is 2.38. The minimum atomic E-state index is -0.459. The molecule has 0 aliphatic rings. The number of benzene rings is 1. The first-order valence-corrected chi connectivity index (χ1v) is 5.25. The van der Waals surface area contributed by atoms with Gasteiger partial charge in [-0.1, -0.05) is 11.3 Å². The number of hydrogen-bond acceptors (Lipinski definition) is 4. The van der Waals surface area contributed by atoms with Crippen molar-refractivity contribution in [2.24, 2.45) is 0 Å². The summed E-state index contributed by atoms with van der Waals surface area (Å²) >= 11 is 4.41. The lowest BCUT2D eigenvalue weighted by molar-refractivity contribution is -0.384. The van der Waals surface area contributed by atoms with Gasteiger partial charge in [0.15, 0.2) is 5.06 Å². The molecule has 1 aromatic heterocycles. The normalized spacial score (nSPS) is 10.6. The second-order valence-corrected chi connectivity index (χ2v) is 4.57. The van der Waals surface area contributed by atoms with Gasteiger partial charge in [0.05, 0.1) is 9.62 Å². The first-order valence-electron chi connectivity index (χ1n) is 3.64. The summed E-state index contributed by atoms with van der Waals surface area (Å²) in [6.45, 7) is 0. The molecule has 14 heavy (non-hydrogen) atoms. The molecular formula is C8H4BrNO3S. The van der Waals surface area contributed by atoms with Crippen LogP contribution in [0, 0.1) is 10.1 Å². The molecule has 4 nitrogen and oxygen atoms in total. The zero-order valence-electron chi connectivity index (χ0n) is 6.73. The Labute approximate surface area is 91.1 Å². The molecule has 0 saturated heterocycles. The highest BCUT2D eigenvalue weighted by Gasteiger charge is 2.12. The summed E-state index contributed by atoms with van der Waals surface area (Å²) < 4.78 is 1.44. The van der Waals surface area contributed by atoms with E-state index in [1.54, 1.807) is 0 Å². The number of non-ortho nitro benzene ring substituents is 1. The summed E-state index contributed by atoms with van der Waals surface area (Å²) in [5.74, 6) is 0. The summed E-state index contributed by atoms with van der Waals surface area (Å²) in [5.41, 5.74) is 0.0159. The van der Waals surface area contributed by atoms with E-state index >= 15 is 0 Å². The summed E-state index contributed by atoms with van der Waals surface area (Å²) in [6.07, 6.45) is 0. The Hall–Kier alpha value is -1.14. The van der Waals surface area contributed by atoms with Gasteiger partial charge in [-0.05, 0) is 22.0 Å². The topological polar surface area (TPSA) is 63.4 Å². The molecule has 0 spiro atoms. The standard InChI is InChI=1S/C8H4BrNO3S/c9-6-3-5(10(12)13)1-4-2-7(11)14-8(4)6/h1-3,11H. The van der Waals surface area contributed by atoms with E-state index in [0.717, 1.165) is 4.70 Å². The summed E-state index contributed by atoms with van der Waals surface area (Å²) in [6, 6.07) is 4.38. The molecule has 0 amide bonds. The molecular weight excluding hydrogens is 270 g/mol. The number of hydrogen-bond donors (Lipinski definition) is 1. The molecule has 0 aliphatic carbocycles. The van der Waals surface area contributed by atoms with Crippen molar-refractivity contribution in [3.05, 3.63) is 32.8 Å². The fourth-order valence-corrected chi connectivity index (χ4v) is 2.68. The largest absolute Gasteiger partial charge is 0.499 e. The molecule has 1 aromatic carbocycles. The monoisotopic (exact) mass is 273 g/mol. The number of nitro benzene ring substituents is 1. The van der Waals surface area contributed by atoms with Gasteiger partial charge in [-0.3, -0.25) is 10.1 Å². The molecule has 6 heteroatoms. The van der Waals surface area contributed by atoms with Gasteiger partial charge in [0, 0.05) is 22.0 Å². The van der Waals surface area contributed by atoms with Crippen LogP contribution in [0.25, 0.3) is 10.1 Å². The van der Waals surface area contributed by atoms with E-state index in [-0.39, 0.29) is 10.8 Å². The second kappa shape index (κ2) is 3.21. The molecule has 0 atom stereocenters. The molecule has 2 rings (SSSR count). The zero-order chi connectivity index (χ0) is 10.3. The quantitative estimate of drug-likeness (QED) is 0.641. The van der Waals surface area contributed by atoms with E-state index in [1.165, 1.54) is 29.5 Å². The van der Waals surface area contributed by atoms with Gasteiger partial charge in [0.25, 0.3) is 5.69 Å². The molecule has 72 valence electrons. The van der Waals surface area contributed by atoms with Gasteiger partial charge in [-0.2, -0.15) is 0 Å². The summed E-state index contributed by atoms with van der Waals surface area (Å²) in [5, 5.41) is 20.6. The fraction of sp³-hybridized carbons (Fsp3) is 0. The van der Waals surface area contributed by atoms with Crippen LogP contribution in [0.3, 0.4) is 0 Å². The third-order valence-corrected chi connectivity index (χ3v) is 3.63. The molecule has 0 fully saturated rings. The van der Waals surface area contributed by atoms with Crippen molar-refractivity contribution in [1.29, 1.82) is 0 Å². The lowest BCUT2D eigenvalue weighted by atomic mass is 10.2. The number of aromatic hydroxyl groups is 1. The van der Waals surface area contributed by atoms with Crippen LogP contribution in [-0.2, 0) is 0 Å². The van der Waals surface area contributed by atoms with Gasteiger partial charge in [-0.25, -0.2) is 0 Å². The summed E-state index contributed by atoms with van der Waals surface area (Å²) in [4.78, 5) is 10.1. The van der Waals surface area contributed by atoms with E-state index in [0.29, 0.717) is 9.86 Å². The van der Waals surface area contributed by atoms with Crippen molar-refractivity contribution in [1.82, 2.24) is 0 Å². The fourth-order valence-electron chi connectivity index (χ4n) is 1.19. The zero-order valence-corrected chi connectivity index (χ0v) is 9.13. The van der Waals surface area contributed by atoms with Crippen molar-refractivity contribution in [2.45, 2.75) is 0 Å². The van der Waals surface area contributed by atoms with Crippen molar-refractivity contribution in [3.8, 4) is 5.06 Å². The predicted molar refractivity (Wildman–Crippen MR) is 57.8 cm³/mol. The number of nitrogens with zero attached hydrogens (tertiary/aromatic N) is 1. The molecule has 1 heterocycles. The molecule has 0 unspecified atom stereocenters. The SMILES string of the molecule is O=[N+]([O-])c1cc(Br)c2sc(O)cc2c1. The third-order valence-electron chi connectivity index (χ3n) is 1.75. The Morgan fingerprint density at radius 2 is 2.14 bits per heavy atom. The van der Waals surface area contributed by atoms with E-state index < -0.39 is 4.92 Å². The maximum atomic E-state index is 10.5. The van der Waals surface area contributed by atoms with E-state index in [4.69, 9.17) is 0 Å². The minimum absolute atomic E-state index is 0.0159. The van der Waals surface area contributed by atoms with Crippen molar-refractivity contribution in [2.75, 3.05) is 0 Å². The number of rotatable bonds is 1. The second-order valence-electron chi connectivity index (χ2n) is 2.69. The average molecular weight is 274 g/mol. The Morgan fingerprint density at radius 1 is 1.43 bits per heavy atom. The molecule has 1 N–H and O–H groups in total. The van der Waals surface area contributed by atoms with Crippen molar-refractivity contribution in [3.63, 3.8) is 0 Å². The van der Waals surface area contributed by atoms with Crippen LogP contribution in [0.5, 0.6) is 5.06 Å². The lowest BCUT2D eigenvalue weighted by Crippen LogP contribution is -1.86. The van der Waals surface area contributed by atoms with Crippen LogP contribution < -0.4 is 0 Å². The molecule has 0 saturated carbocycles. The van der Waals surface area contributed by atoms with E-state index in [1.807, 2.05) is 0 Å². The highest BCUT2D eigenvalue weighted by molar-refractivity contribution is 9.10. The first kappa shape index (κ1) is 9.42. The van der Waals surface area contributed by atoms with Crippen molar-refractivity contribution < 1.29 is 10.0 Å². The van der Waals surface area contributed by atoms with Gasteiger partial charge in [0.2, 0.25) is 0 Å². The smallest absolute Gasteiger partial charge is 0.271 e. The van der Waals surface area contributed by atoms with Crippen LogP contribution in [0.15, 0.2) is 22.7 Å². The van der Waals surface area contributed by atoms with E-state index in [9.17, 15) is 15.2 Å². The van der Waals surface area contributed by atoms with E-state index in [2.05, 4.69) is 15.9 Å². The number of thiophene rings is 1. The molecule has 0 radical (unpaired) electrons. The average Bonchev–Trinajstić information content (AvgIpc) is 2.45. The maximum Gasteiger partial charge on any atom is 0.271 e. The Morgan fingerprint density at radius 3 is 2.79 bits per heavy atom. The Balaban J connectivity index is 2.77. The number of fused-ring (bicyclic) bond motifs is 1. The van der Waals surface area contributed by atoms with Crippen LogP contribution >= 0.6 is 27.3 Å². The highest BCUT2D eigenvalue weighted by atomic mass is 79.9. The lowest BCUT2D eigenvalue weighted by Gasteiger charge is -1.94. The molecule has 0 aliphatic heterocycles.